The highest BCUT2D eigenvalue weighted by molar-refractivity contribution is 4.53. The molecule has 1 saturated heterocycles. The van der Waals surface area contributed by atoms with Gasteiger partial charge in [-0.3, -0.25) is 0 Å². The summed E-state index contributed by atoms with van der Waals surface area (Å²) < 4.78 is 32.6. The highest BCUT2D eigenvalue weighted by atomic mass is 16.7. The van der Waals surface area contributed by atoms with E-state index in [1.165, 1.54) is 6.42 Å². The Labute approximate surface area is 134 Å². The minimum absolute atomic E-state index is 0.0366. The molecule has 0 radical (unpaired) electrons. The van der Waals surface area contributed by atoms with Crippen molar-refractivity contribution < 1.29 is 28.4 Å². The van der Waals surface area contributed by atoms with Crippen LogP contribution in [-0.4, -0.2) is 71.9 Å². The van der Waals surface area contributed by atoms with Gasteiger partial charge in [0.15, 0.2) is 6.29 Å². The third-order valence-electron chi connectivity index (χ3n) is 3.09. The second-order valence-corrected chi connectivity index (χ2v) is 5.42. The summed E-state index contributed by atoms with van der Waals surface area (Å²) in [7, 11) is 0. The van der Waals surface area contributed by atoms with Crippen LogP contribution in [0.25, 0.3) is 0 Å². The Balaban J connectivity index is 1.69. The van der Waals surface area contributed by atoms with E-state index >= 15 is 0 Å². The average Bonchev–Trinajstić information content (AvgIpc) is 2.52. The molecule has 0 N–H and O–H groups in total. The SMILES string of the molecule is CC(C)OCCOCCOCCOCCOC1CCCCO1. The molecule has 0 amide bonds. The summed E-state index contributed by atoms with van der Waals surface area (Å²) in [6.45, 7) is 9.54. The molecule has 0 spiro atoms. The molecule has 1 unspecified atom stereocenters. The van der Waals surface area contributed by atoms with Gasteiger partial charge in [0, 0.05) is 6.61 Å². The van der Waals surface area contributed by atoms with E-state index in [0.29, 0.717) is 52.9 Å². The Morgan fingerprint density at radius 1 is 0.818 bits per heavy atom. The maximum Gasteiger partial charge on any atom is 0.157 e. The van der Waals surface area contributed by atoms with Crippen LogP contribution >= 0.6 is 0 Å². The molecule has 1 atom stereocenters. The molecule has 0 bridgehead atoms. The molecule has 132 valence electrons. The highest BCUT2D eigenvalue weighted by Crippen LogP contribution is 2.13. The first-order chi connectivity index (χ1) is 10.8. The van der Waals surface area contributed by atoms with Gasteiger partial charge in [-0.05, 0) is 33.1 Å². The van der Waals surface area contributed by atoms with E-state index in [0.717, 1.165) is 19.4 Å². The van der Waals surface area contributed by atoms with Crippen molar-refractivity contribution in [3.63, 3.8) is 0 Å². The molecule has 1 rings (SSSR count). The van der Waals surface area contributed by atoms with Crippen molar-refractivity contribution in [2.45, 2.75) is 45.5 Å². The van der Waals surface area contributed by atoms with Gasteiger partial charge in [0.25, 0.3) is 0 Å². The molecule has 0 aliphatic carbocycles. The molecule has 0 saturated carbocycles. The zero-order valence-corrected chi connectivity index (χ0v) is 14.1. The Morgan fingerprint density at radius 2 is 1.41 bits per heavy atom. The molecule has 0 aromatic heterocycles. The zero-order chi connectivity index (χ0) is 15.9. The first kappa shape index (κ1) is 19.8. The van der Waals surface area contributed by atoms with Gasteiger partial charge in [-0.25, -0.2) is 0 Å². The fourth-order valence-electron chi connectivity index (χ4n) is 1.97. The molecule has 1 aliphatic heterocycles. The van der Waals surface area contributed by atoms with Gasteiger partial charge in [0.1, 0.15) is 0 Å². The molecule has 1 heterocycles. The van der Waals surface area contributed by atoms with Gasteiger partial charge in [-0.2, -0.15) is 0 Å². The van der Waals surface area contributed by atoms with E-state index in [9.17, 15) is 0 Å². The molecule has 22 heavy (non-hydrogen) atoms. The van der Waals surface area contributed by atoms with Crippen molar-refractivity contribution in [2.24, 2.45) is 0 Å². The van der Waals surface area contributed by atoms with Crippen LogP contribution in [0.2, 0.25) is 0 Å². The van der Waals surface area contributed by atoms with Gasteiger partial charge >= 0.3 is 0 Å². The fraction of sp³-hybridized carbons (Fsp3) is 1.00. The molecular formula is C16H32O6. The molecule has 1 fully saturated rings. The van der Waals surface area contributed by atoms with Crippen molar-refractivity contribution >= 4 is 0 Å². The Kier molecular flexibility index (Phi) is 12.9. The first-order valence-corrected chi connectivity index (χ1v) is 8.37. The number of rotatable bonds is 14. The highest BCUT2D eigenvalue weighted by Gasteiger charge is 2.13. The van der Waals surface area contributed by atoms with Crippen molar-refractivity contribution in [2.75, 3.05) is 59.5 Å². The van der Waals surface area contributed by atoms with Crippen LogP contribution in [0.15, 0.2) is 0 Å². The number of hydrogen-bond donors (Lipinski definition) is 0. The van der Waals surface area contributed by atoms with E-state index in [-0.39, 0.29) is 12.4 Å². The average molecular weight is 320 g/mol. The lowest BCUT2D eigenvalue weighted by molar-refractivity contribution is -0.169. The number of ether oxygens (including phenoxy) is 6. The topological polar surface area (TPSA) is 55.4 Å². The first-order valence-electron chi connectivity index (χ1n) is 8.37. The lowest BCUT2D eigenvalue weighted by Crippen LogP contribution is -2.24. The Hall–Kier alpha value is -0.240. The predicted octanol–water partition coefficient (Wildman–Crippen LogP) is 2.00. The van der Waals surface area contributed by atoms with Crippen molar-refractivity contribution in [3.8, 4) is 0 Å². The number of hydrogen-bond acceptors (Lipinski definition) is 6. The van der Waals surface area contributed by atoms with E-state index in [1.54, 1.807) is 0 Å². The predicted molar refractivity (Wildman–Crippen MR) is 83.1 cm³/mol. The second-order valence-electron chi connectivity index (χ2n) is 5.42. The maximum absolute atomic E-state index is 5.56. The van der Waals surface area contributed by atoms with Crippen molar-refractivity contribution in [1.82, 2.24) is 0 Å². The van der Waals surface area contributed by atoms with Crippen LogP contribution in [0, 0.1) is 0 Å². The van der Waals surface area contributed by atoms with Gasteiger partial charge < -0.3 is 28.4 Å². The monoisotopic (exact) mass is 320 g/mol. The van der Waals surface area contributed by atoms with Crippen LogP contribution in [0.5, 0.6) is 0 Å². The maximum atomic E-state index is 5.56. The van der Waals surface area contributed by atoms with Crippen LogP contribution < -0.4 is 0 Å². The normalized spacial score (nSPS) is 19.0. The summed E-state index contributed by atoms with van der Waals surface area (Å²) in [5, 5.41) is 0. The van der Waals surface area contributed by atoms with E-state index in [2.05, 4.69) is 0 Å². The zero-order valence-electron chi connectivity index (χ0n) is 14.1. The molecule has 1 aliphatic rings. The third kappa shape index (κ3) is 12.3. The lowest BCUT2D eigenvalue weighted by Gasteiger charge is -2.22. The van der Waals surface area contributed by atoms with Crippen molar-refractivity contribution in [1.29, 1.82) is 0 Å². The van der Waals surface area contributed by atoms with E-state index in [4.69, 9.17) is 28.4 Å². The summed E-state index contributed by atoms with van der Waals surface area (Å²) in [6, 6.07) is 0. The summed E-state index contributed by atoms with van der Waals surface area (Å²) in [5.41, 5.74) is 0. The minimum Gasteiger partial charge on any atom is -0.377 e. The van der Waals surface area contributed by atoms with Gasteiger partial charge in [-0.1, -0.05) is 0 Å². The Bertz CT molecular complexity index is 231. The second kappa shape index (κ2) is 14.4. The van der Waals surface area contributed by atoms with Crippen molar-refractivity contribution in [3.05, 3.63) is 0 Å². The summed E-state index contributed by atoms with van der Waals surface area (Å²) >= 11 is 0. The van der Waals surface area contributed by atoms with Crippen LogP contribution in [0.1, 0.15) is 33.1 Å². The molecule has 6 nitrogen and oxygen atoms in total. The minimum atomic E-state index is -0.0366. The lowest BCUT2D eigenvalue weighted by atomic mass is 10.2. The largest absolute Gasteiger partial charge is 0.377 e. The summed E-state index contributed by atoms with van der Waals surface area (Å²) in [5.74, 6) is 0. The molecule has 0 aromatic carbocycles. The van der Waals surface area contributed by atoms with E-state index < -0.39 is 0 Å². The molecule has 6 heteroatoms. The van der Waals surface area contributed by atoms with Crippen LogP contribution in [0.3, 0.4) is 0 Å². The summed E-state index contributed by atoms with van der Waals surface area (Å²) in [4.78, 5) is 0. The van der Waals surface area contributed by atoms with E-state index in [1.807, 2.05) is 13.8 Å². The third-order valence-corrected chi connectivity index (χ3v) is 3.09. The molecule has 0 aromatic rings. The Morgan fingerprint density at radius 3 is 1.95 bits per heavy atom. The van der Waals surface area contributed by atoms with Crippen LogP contribution in [-0.2, 0) is 28.4 Å². The molecular weight excluding hydrogens is 288 g/mol. The summed E-state index contributed by atoms with van der Waals surface area (Å²) in [6.07, 6.45) is 3.54. The van der Waals surface area contributed by atoms with Gasteiger partial charge in [-0.15, -0.1) is 0 Å². The standard InChI is InChI=1S/C16H32O6/c1-15(2)20-13-11-18-9-7-17-8-10-19-12-14-22-16-5-3-4-6-21-16/h15-16H,3-14H2,1-2H3. The van der Waals surface area contributed by atoms with Gasteiger partial charge in [0.05, 0.1) is 59.0 Å². The quantitative estimate of drug-likeness (QED) is 0.456. The van der Waals surface area contributed by atoms with Gasteiger partial charge in [0.2, 0.25) is 0 Å². The van der Waals surface area contributed by atoms with Crippen LogP contribution in [0.4, 0.5) is 0 Å². The smallest absolute Gasteiger partial charge is 0.157 e. The fourth-order valence-corrected chi connectivity index (χ4v) is 1.97.